The SMILES string of the molecule is O=Cc1cc2ccccc2nc1Cl.O=Cc1ccc2ccccc2n1.O=Cc1cnccn1. The molecule has 3 aromatic heterocycles. The lowest BCUT2D eigenvalue weighted by atomic mass is 10.2. The van der Waals surface area contributed by atoms with Crippen molar-refractivity contribution in [2.45, 2.75) is 0 Å². The van der Waals surface area contributed by atoms with Crippen LogP contribution in [0.3, 0.4) is 0 Å². The van der Waals surface area contributed by atoms with E-state index in [2.05, 4.69) is 19.9 Å². The van der Waals surface area contributed by atoms with E-state index in [0.29, 0.717) is 29.5 Å². The lowest BCUT2D eigenvalue weighted by Gasteiger charge is -1.99. The minimum absolute atomic E-state index is 0.258. The van der Waals surface area contributed by atoms with E-state index in [1.807, 2.05) is 54.6 Å². The van der Waals surface area contributed by atoms with Crippen molar-refractivity contribution in [3.63, 3.8) is 0 Å². The lowest BCUT2D eigenvalue weighted by molar-refractivity contribution is 0.111. The summed E-state index contributed by atoms with van der Waals surface area (Å²) in [6.45, 7) is 0. The Morgan fingerprint density at radius 2 is 1.33 bits per heavy atom. The number of fused-ring (bicyclic) bond motifs is 2. The molecule has 2 aromatic carbocycles. The van der Waals surface area contributed by atoms with Gasteiger partial charge in [0.05, 0.1) is 22.8 Å². The first-order valence-corrected chi connectivity index (χ1v) is 10.0. The fraction of sp³-hybridized carbons (Fsp3) is 0. The van der Waals surface area contributed by atoms with E-state index in [9.17, 15) is 14.4 Å². The van der Waals surface area contributed by atoms with Gasteiger partial charge in [0, 0.05) is 23.2 Å². The Labute approximate surface area is 194 Å². The molecular formula is C25H17ClN4O3. The lowest BCUT2D eigenvalue weighted by Crippen LogP contribution is -1.87. The first-order valence-electron chi connectivity index (χ1n) is 9.67. The Hall–Kier alpha value is -4.36. The molecule has 0 aliphatic rings. The van der Waals surface area contributed by atoms with Gasteiger partial charge in [0.25, 0.3) is 0 Å². The van der Waals surface area contributed by atoms with Gasteiger partial charge in [0.2, 0.25) is 0 Å². The molecule has 0 unspecified atom stereocenters. The Morgan fingerprint density at radius 3 is 1.94 bits per heavy atom. The highest BCUT2D eigenvalue weighted by Gasteiger charge is 2.02. The number of aromatic nitrogens is 4. The molecule has 0 fully saturated rings. The van der Waals surface area contributed by atoms with Gasteiger partial charge in [0.15, 0.2) is 18.9 Å². The van der Waals surface area contributed by atoms with Crippen LogP contribution in [-0.4, -0.2) is 38.8 Å². The molecule has 5 aromatic rings. The van der Waals surface area contributed by atoms with Crippen LogP contribution in [0.2, 0.25) is 5.15 Å². The average Bonchev–Trinajstić information content (AvgIpc) is 2.89. The van der Waals surface area contributed by atoms with Crippen molar-refractivity contribution in [1.29, 1.82) is 0 Å². The predicted molar refractivity (Wildman–Crippen MR) is 127 cm³/mol. The highest BCUT2D eigenvalue weighted by molar-refractivity contribution is 6.32. The topological polar surface area (TPSA) is 103 Å². The zero-order valence-electron chi connectivity index (χ0n) is 17.2. The minimum atomic E-state index is 0.258. The highest BCUT2D eigenvalue weighted by atomic mass is 35.5. The number of rotatable bonds is 3. The van der Waals surface area contributed by atoms with E-state index in [1.54, 1.807) is 12.1 Å². The van der Waals surface area contributed by atoms with Crippen LogP contribution in [0, 0.1) is 0 Å². The van der Waals surface area contributed by atoms with Crippen molar-refractivity contribution in [3.05, 3.63) is 107 Å². The first-order chi connectivity index (χ1) is 16.1. The molecule has 0 saturated heterocycles. The maximum atomic E-state index is 10.5. The normalized spacial score (nSPS) is 9.73. The molecule has 33 heavy (non-hydrogen) atoms. The Kier molecular flexibility index (Phi) is 8.39. The summed E-state index contributed by atoms with van der Waals surface area (Å²) in [5, 5.41) is 2.24. The van der Waals surface area contributed by atoms with Gasteiger partial charge < -0.3 is 0 Å². The number of benzene rings is 2. The molecule has 5 rings (SSSR count). The molecule has 0 saturated carbocycles. The van der Waals surface area contributed by atoms with Crippen molar-refractivity contribution < 1.29 is 14.4 Å². The number of pyridine rings is 2. The van der Waals surface area contributed by atoms with Crippen molar-refractivity contribution in [3.8, 4) is 0 Å². The van der Waals surface area contributed by atoms with E-state index in [-0.39, 0.29) is 5.15 Å². The van der Waals surface area contributed by atoms with Crippen molar-refractivity contribution >= 4 is 52.3 Å². The molecule has 3 heterocycles. The van der Waals surface area contributed by atoms with Gasteiger partial charge in [-0.2, -0.15) is 0 Å². The second-order valence-electron chi connectivity index (χ2n) is 6.47. The quantitative estimate of drug-likeness (QED) is 0.277. The summed E-state index contributed by atoms with van der Waals surface area (Å²) in [5.41, 5.74) is 2.95. The fourth-order valence-electron chi connectivity index (χ4n) is 2.71. The standard InChI is InChI=1S/C10H6ClNO.C10H7NO.C5H4N2O/c11-10-8(6-13)5-7-3-1-2-4-9(7)12-10;12-7-9-6-5-8-3-1-2-4-10(8)11-9;8-4-5-3-6-1-2-7-5/h1-6H;1-7H;1-4H. The predicted octanol–water partition coefficient (Wildman–Crippen LogP) is 5.04. The highest BCUT2D eigenvalue weighted by Crippen LogP contribution is 2.18. The first kappa shape index (κ1) is 23.3. The van der Waals surface area contributed by atoms with Crippen LogP contribution < -0.4 is 0 Å². The third-order valence-electron chi connectivity index (χ3n) is 4.28. The third kappa shape index (κ3) is 6.56. The monoisotopic (exact) mass is 456 g/mol. The van der Waals surface area contributed by atoms with Crippen molar-refractivity contribution in [1.82, 2.24) is 19.9 Å². The van der Waals surface area contributed by atoms with Crippen LogP contribution in [0.15, 0.2) is 85.3 Å². The smallest absolute Gasteiger partial charge is 0.170 e. The summed E-state index contributed by atoms with van der Waals surface area (Å²) in [6.07, 6.45) is 6.53. The van der Waals surface area contributed by atoms with Gasteiger partial charge in [-0.15, -0.1) is 0 Å². The summed E-state index contributed by atoms with van der Waals surface area (Å²) >= 11 is 5.76. The molecule has 8 heteroatoms. The summed E-state index contributed by atoms with van der Waals surface area (Å²) in [4.78, 5) is 46.4. The van der Waals surface area contributed by atoms with E-state index in [0.717, 1.165) is 28.1 Å². The van der Waals surface area contributed by atoms with E-state index in [1.165, 1.54) is 18.6 Å². The van der Waals surface area contributed by atoms with Gasteiger partial charge >= 0.3 is 0 Å². The molecule has 0 N–H and O–H groups in total. The largest absolute Gasteiger partial charge is 0.298 e. The molecule has 0 atom stereocenters. The molecule has 0 aliphatic carbocycles. The zero-order chi connectivity index (χ0) is 23.5. The van der Waals surface area contributed by atoms with Crippen molar-refractivity contribution in [2.75, 3.05) is 0 Å². The van der Waals surface area contributed by atoms with Gasteiger partial charge in [-0.25, -0.2) is 9.97 Å². The molecule has 162 valence electrons. The van der Waals surface area contributed by atoms with Crippen LogP contribution in [-0.2, 0) is 0 Å². The Morgan fingerprint density at radius 1 is 0.667 bits per heavy atom. The van der Waals surface area contributed by atoms with Crippen LogP contribution >= 0.6 is 11.6 Å². The summed E-state index contributed by atoms with van der Waals surface area (Å²) < 4.78 is 0. The van der Waals surface area contributed by atoms with Crippen LogP contribution in [0.4, 0.5) is 0 Å². The Balaban J connectivity index is 0.000000143. The summed E-state index contributed by atoms with van der Waals surface area (Å²) in [7, 11) is 0. The van der Waals surface area contributed by atoms with E-state index in [4.69, 9.17) is 11.6 Å². The van der Waals surface area contributed by atoms with Gasteiger partial charge in [-0.05, 0) is 24.3 Å². The second-order valence-corrected chi connectivity index (χ2v) is 6.83. The number of carbonyl (C=O) groups excluding carboxylic acids is 3. The van der Waals surface area contributed by atoms with E-state index >= 15 is 0 Å². The number of hydrogen-bond donors (Lipinski definition) is 0. The van der Waals surface area contributed by atoms with Crippen LogP contribution in [0.5, 0.6) is 0 Å². The Bertz CT molecular complexity index is 1390. The molecule has 0 aliphatic heterocycles. The van der Waals surface area contributed by atoms with E-state index < -0.39 is 0 Å². The number of halogens is 1. The van der Waals surface area contributed by atoms with Gasteiger partial charge in [-0.3, -0.25) is 24.4 Å². The van der Waals surface area contributed by atoms with Crippen LogP contribution in [0.1, 0.15) is 31.3 Å². The third-order valence-corrected chi connectivity index (χ3v) is 4.58. The summed E-state index contributed by atoms with van der Waals surface area (Å²) in [5.74, 6) is 0. The van der Waals surface area contributed by atoms with Gasteiger partial charge in [-0.1, -0.05) is 54.1 Å². The minimum Gasteiger partial charge on any atom is -0.298 e. The fourth-order valence-corrected chi connectivity index (χ4v) is 2.90. The molecule has 7 nitrogen and oxygen atoms in total. The molecule has 0 amide bonds. The second kappa shape index (κ2) is 11.9. The van der Waals surface area contributed by atoms with Crippen LogP contribution in [0.25, 0.3) is 21.8 Å². The molecular weight excluding hydrogens is 440 g/mol. The average molecular weight is 457 g/mol. The zero-order valence-corrected chi connectivity index (χ0v) is 18.0. The number of hydrogen-bond acceptors (Lipinski definition) is 7. The number of para-hydroxylation sites is 2. The maximum absolute atomic E-state index is 10.5. The number of nitrogens with zero attached hydrogens (tertiary/aromatic N) is 4. The number of carbonyl (C=O) groups is 3. The maximum Gasteiger partial charge on any atom is 0.170 e. The molecule has 0 spiro atoms. The van der Waals surface area contributed by atoms with Gasteiger partial charge in [0.1, 0.15) is 16.5 Å². The number of aldehydes is 3. The van der Waals surface area contributed by atoms with Crippen molar-refractivity contribution in [2.24, 2.45) is 0 Å². The molecule has 0 radical (unpaired) electrons. The summed E-state index contributed by atoms with van der Waals surface area (Å²) in [6, 6.07) is 20.6. The molecule has 0 bridgehead atoms.